The smallest absolute Gasteiger partial charge is 0.160 e. The van der Waals surface area contributed by atoms with E-state index in [-0.39, 0.29) is 5.82 Å². The van der Waals surface area contributed by atoms with Crippen LogP contribution < -0.4 is 14.8 Å². The monoisotopic (exact) mass is 372 g/mol. The Kier molecular flexibility index (Phi) is 6.20. The van der Waals surface area contributed by atoms with Gasteiger partial charge < -0.3 is 14.8 Å². The SMILES string of the molecule is COc1ccc(CCNCc2ncc(-c3ccccc3F)s2)cc1OC. The van der Waals surface area contributed by atoms with Gasteiger partial charge in [0.1, 0.15) is 10.8 Å². The van der Waals surface area contributed by atoms with Crippen LogP contribution in [0.4, 0.5) is 4.39 Å². The van der Waals surface area contributed by atoms with Crippen LogP contribution in [0, 0.1) is 5.82 Å². The van der Waals surface area contributed by atoms with Crippen LogP contribution in [-0.2, 0) is 13.0 Å². The maximum Gasteiger partial charge on any atom is 0.160 e. The van der Waals surface area contributed by atoms with E-state index in [0.29, 0.717) is 12.1 Å². The second-order valence-electron chi connectivity index (χ2n) is 5.71. The molecule has 3 aromatic rings. The first-order valence-corrected chi connectivity index (χ1v) is 9.14. The van der Waals surface area contributed by atoms with Crippen molar-refractivity contribution >= 4 is 11.3 Å². The molecule has 6 heteroatoms. The van der Waals surface area contributed by atoms with Crippen LogP contribution >= 0.6 is 11.3 Å². The zero-order chi connectivity index (χ0) is 18.4. The van der Waals surface area contributed by atoms with Crippen molar-refractivity contribution in [2.24, 2.45) is 0 Å². The van der Waals surface area contributed by atoms with Crippen LogP contribution in [0.5, 0.6) is 11.5 Å². The third-order valence-corrected chi connectivity index (χ3v) is 5.04. The van der Waals surface area contributed by atoms with Gasteiger partial charge in [-0.15, -0.1) is 11.3 Å². The lowest BCUT2D eigenvalue weighted by Crippen LogP contribution is -2.16. The molecule has 1 N–H and O–H groups in total. The van der Waals surface area contributed by atoms with Crippen molar-refractivity contribution in [2.45, 2.75) is 13.0 Å². The van der Waals surface area contributed by atoms with E-state index in [1.807, 2.05) is 24.3 Å². The highest BCUT2D eigenvalue weighted by molar-refractivity contribution is 7.15. The molecule has 26 heavy (non-hydrogen) atoms. The van der Waals surface area contributed by atoms with E-state index in [4.69, 9.17) is 9.47 Å². The summed E-state index contributed by atoms with van der Waals surface area (Å²) in [5, 5.41) is 4.32. The Bertz CT molecular complexity index is 867. The normalized spacial score (nSPS) is 10.7. The van der Waals surface area contributed by atoms with Gasteiger partial charge in [0, 0.05) is 18.3 Å². The van der Waals surface area contributed by atoms with Crippen molar-refractivity contribution in [2.75, 3.05) is 20.8 Å². The molecule has 1 heterocycles. The number of aromatic nitrogens is 1. The quantitative estimate of drug-likeness (QED) is 0.599. The number of nitrogens with one attached hydrogen (secondary N) is 1. The first-order valence-electron chi connectivity index (χ1n) is 8.32. The minimum atomic E-state index is -0.218. The number of hydrogen-bond donors (Lipinski definition) is 1. The summed E-state index contributed by atoms with van der Waals surface area (Å²) in [6, 6.07) is 12.7. The number of halogens is 1. The summed E-state index contributed by atoms with van der Waals surface area (Å²) in [6.45, 7) is 1.47. The minimum absolute atomic E-state index is 0.218. The molecule has 0 spiro atoms. The second-order valence-corrected chi connectivity index (χ2v) is 6.83. The van der Waals surface area contributed by atoms with Gasteiger partial charge in [-0.2, -0.15) is 0 Å². The molecule has 0 saturated carbocycles. The molecule has 0 bridgehead atoms. The van der Waals surface area contributed by atoms with Gasteiger partial charge in [0.25, 0.3) is 0 Å². The van der Waals surface area contributed by atoms with Crippen LogP contribution in [0.2, 0.25) is 0 Å². The number of rotatable bonds is 8. The largest absolute Gasteiger partial charge is 0.493 e. The van der Waals surface area contributed by atoms with Gasteiger partial charge in [0.15, 0.2) is 11.5 Å². The van der Waals surface area contributed by atoms with Gasteiger partial charge >= 0.3 is 0 Å². The van der Waals surface area contributed by atoms with Crippen LogP contribution in [0.15, 0.2) is 48.7 Å². The Morgan fingerprint density at radius 3 is 2.65 bits per heavy atom. The number of ether oxygens (including phenoxy) is 2. The Morgan fingerprint density at radius 1 is 1.08 bits per heavy atom. The van der Waals surface area contributed by atoms with E-state index in [1.165, 1.54) is 23.0 Å². The first-order chi connectivity index (χ1) is 12.7. The highest BCUT2D eigenvalue weighted by Crippen LogP contribution is 2.29. The van der Waals surface area contributed by atoms with E-state index < -0.39 is 0 Å². The van der Waals surface area contributed by atoms with Crippen molar-refractivity contribution in [1.82, 2.24) is 10.3 Å². The molecule has 0 aliphatic heterocycles. The summed E-state index contributed by atoms with van der Waals surface area (Å²) in [5.74, 6) is 1.25. The Morgan fingerprint density at radius 2 is 1.88 bits per heavy atom. The maximum atomic E-state index is 13.8. The molecule has 0 amide bonds. The molecular formula is C20H21FN2O2S. The fraction of sp³-hybridized carbons (Fsp3) is 0.250. The molecule has 136 valence electrons. The number of benzene rings is 2. The molecule has 0 aliphatic carbocycles. The van der Waals surface area contributed by atoms with Crippen molar-refractivity contribution in [1.29, 1.82) is 0 Å². The van der Waals surface area contributed by atoms with Crippen molar-refractivity contribution < 1.29 is 13.9 Å². The van der Waals surface area contributed by atoms with Crippen molar-refractivity contribution in [3.63, 3.8) is 0 Å². The summed E-state index contributed by atoms with van der Waals surface area (Å²) in [7, 11) is 3.26. The summed E-state index contributed by atoms with van der Waals surface area (Å²) in [6.07, 6.45) is 2.60. The van der Waals surface area contributed by atoms with Gasteiger partial charge in [-0.1, -0.05) is 24.3 Å². The van der Waals surface area contributed by atoms with Crippen molar-refractivity contribution in [3.8, 4) is 21.9 Å². The molecule has 2 aromatic carbocycles. The zero-order valence-corrected chi connectivity index (χ0v) is 15.6. The van der Waals surface area contributed by atoms with Crippen LogP contribution in [0.1, 0.15) is 10.6 Å². The first kappa shape index (κ1) is 18.4. The van der Waals surface area contributed by atoms with Crippen molar-refractivity contribution in [3.05, 3.63) is 65.0 Å². The molecule has 0 fully saturated rings. The van der Waals surface area contributed by atoms with E-state index in [0.717, 1.165) is 34.3 Å². The van der Waals surface area contributed by atoms with E-state index >= 15 is 0 Å². The number of hydrogen-bond acceptors (Lipinski definition) is 5. The van der Waals surface area contributed by atoms with Gasteiger partial charge in [-0.25, -0.2) is 9.37 Å². The standard InChI is InChI=1S/C20H21FN2O2S/c1-24-17-8-7-14(11-18(17)25-2)9-10-22-13-20-23-12-19(26-20)15-5-3-4-6-16(15)21/h3-8,11-12,22H,9-10,13H2,1-2H3. The Balaban J connectivity index is 1.52. The number of nitrogens with zero attached hydrogens (tertiary/aromatic N) is 1. The molecule has 0 radical (unpaired) electrons. The second kappa shape index (κ2) is 8.78. The molecule has 0 saturated heterocycles. The van der Waals surface area contributed by atoms with Gasteiger partial charge in [-0.3, -0.25) is 0 Å². The number of methoxy groups -OCH3 is 2. The van der Waals surface area contributed by atoms with Crippen LogP contribution in [0.3, 0.4) is 0 Å². The fourth-order valence-electron chi connectivity index (χ4n) is 2.64. The fourth-order valence-corrected chi connectivity index (χ4v) is 3.56. The third kappa shape index (κ3) is 4.39. The Labute approximate surface area is 156 Å². The van der Waals surface area contributed by atoms with Gasteiger partial charge in [0.2, 0.25) is 0 Å². The lowest BCUT2D eigenvalue weighted by Gasteiger charge is -2.09. The average molecular weight is 372 g/mol. The molecule has 1 aromatic heterocycles. The summed E-state index contributed by atoms with van der Waals surface area (Å²) >= 11 is 1.51. The predicted molar refractivity (Wildman–Crippen MR) is 102 cm³/mol. The van der Waals surface area contributed by atoms with Crippen LogP contribution in [-0.4, -0.2) is 25.7 Å². The lowest BCUT2D eigenvalue weighted by atomic mass is 10.1. The molecular weight excluding hydrogens is 351 g/mol. The molecule has 3 rings (SSSR count). The summed E-state index contributed by atoms with van der Waals surface area (Å²) < 4.78 is 24.4. The van der Waals surface area contributed by atoms with E-state index in [1.54, 1.807) is 32.5 Å². The van der Waals surface area contributed by atoms with Gasteiger partial charge in [0.05, 0.1) is 19.1 Å². The maximum absolute atomic E-state index is 13.8. The predicted octanol–water partition coefficient (Wildman–Crippen LogP) is 4.30. The summed E-state index contributed by atoms with van der Waals surface area (Å²) in [5.41, 5.74) is 1.77. The summed E-state index contributed by atoms with van der Waals surface area (Å²) in [4.78, 5) is 5.23. The Hall–Kier alpha value is -2.44. The van der Waals surface area contributed by atoms with Gasteiger partial charge in [-0.05, 0) is 36.7 Å². The minimum Gasteiger partial charge on any atom is -0.493 e. The topological polar surface area (TPSA) is 43.4 Å². The average Bonchev–Trinajstić information content (AvgIpc) is 3.14. The highest BCUT2D eigenvalue weighted by atomic mass is 32.1. The third-order valence-electron chi connectivity index (χ3n) is 4.01. The highest BCUT2D eigenvalue weighted by Gasteiger charge is 2.09. The molecule has 4 nitrogen and oxygen atoms in total. The van der Waals surface area contributed by atoms with E-state index in [9.17, 15) is 4.39 Å². The van der Waals surface area contributed by atoms with Crippen LogP contribution in [0.25, 0.3) is 10.4 Å². The molecule has 0 unspecified atom stereocenters. The molecule has 0 aliphatic rings. The zero-order valence-electron chi connectivity index (χ0n) is 14.8. The number of thiazole rings is 1. The lowest BCUT2D eigenvalue weighted by molar-refractivity contribution is 0.354. The molecule has 0 atom stereocenters. The van der Waals surface area contributed by atoms with E-state index in [2.05, 4.69) is 10.3 Å².